The highest BCUT2D eigenvalue weighted by atomic mass is 19.4. The highest BCUT2D eigenvalue weighted by Gasteiger charge is 2.30. The minimum absolute atomic E-state index is 0.154. The average Bonchev–Trinajstić information content (AvgIpc) is 2.17. The van der Waals surface area contributed by atoms with Gasteiger partial charge in [0.15, 0.2) is 0 Å². The molecule has 1 aromatic carbocycles. The van der Waals surface area contributed by atoms with Crippen molar-refractivity contribution in [2.24, 2.45) is 5.73 Å². The number of hydrogen-bond donors (Lipinski definition) is 1. The van der Waals surface area contributed by atoms with Gasteiger partial charge in [0.1, 0.15) is 0 Å². The zero-order valence-corrected chi connectivity index (χ0v) is 8.05. The lowest BCUT2D eigenvalue weighted by molar-refractivity contribution is -0.137. The molecule has 1 rings (SSSR count). The summed E-state index contributed by atoms with van der Waals surface area (Å²) in [5.41, 5.74) is 5.03. The monoisotopic (exact) mass is 219 g/mol. The first-order chi connectivity index (χ1) is 7.04. The van der Waals surface area contributed by atoms with Crippen LogP contribution in [0.3, 0.4) is 0 Å². The van der Waals surface area contributed by atoms with Crippen molar-refractivity contribution >= 4 is 0 Å². The minimum atomic E-state index is -4.30. The number of ether oxygens (including phenoxy) is 1. The molecule has 84 valence electrons. The van der Waals surface area contributed by atoms with E-state index in [0.717, 1.165) is 12.1 Å². The van der Waals surface area contributed by atoms with E-state index in [0.29, 0.717) is 18.7 Å². The number of alkyl halides is 3. The third-order valence-electron chi connectivity index (χ3n) is 1.79. The van der Waals surface area contributed by atoms with E-state index in [4.69, 9.17) is 10.5 Å². The van der Waals surface area contributed by atoms with E-state index in [1.165, 1.54) is 6.07 Å². The van der Waals surface area contributed by atoms with Crippen LogP contribution in [0.1, 0.15) is 11.1 Å². The molecule has 0 saturated carbocycles. The summed E-state index contributed by atoms with van der Waals surface area (Å²) in [4.78, 5) is 0. The zero-order valence-electron chi connectivity index (χ0n) is 8.05. The van der Waals surface area contributed by atoms with Crippen LogP contribution in [0.5, 0.6) is 0 Å². The Morgan fingerprint density at radius 3 is 2.60 bits per heavy atom. The van der Waals surface area contributed by atoms with Crippen molar-refractivity contribution in [3.05, 3.63) is 35.4 Å². The Hall–Kier alpha value is -1.07. The van der Waals surface area contributed by atoms with Gasteiger partial charge in [-0.15, -0.1) is 0 Å². The molecule has 2 N–H and O–H groups in total. The van der Waals surface area contributed by atoms with Crippen LogP contribution >= 0.6 is 0 Å². The van der Waals surface area contributed by atoms with Gasteiger partial charge in [-0.25, -0.2) is 0 Å². The molecule has 2 nitrogen and oxygen atoms in total. The molecule has 0 amide bonds. The van der Waals surface area contributed by atoms with Crippen LogP contribution in [0.25, 0.3) is 0 Å². The van der Waals surface area contributed by atoms with Gasteiger partial charge in [-0.2, -0.15) is 13.2 Å². The lowest BCUT2D eigenvalue weighted by atomic mass is 10.1. The second kappa shape index (κ2) is 5.14. The van der Waals surface area contributed by atoms with Crippen LogP contribution in [0.15, 0.2) is 24.3 Å². The third kappa shape index (κ3) is 3.89. The van der Waals surface area contributed by atoms with Gasteiger partial charge in [0.2, 0.25) is 0 Å². The SMILES string of the molecule is NCCOCc1cccc(C(F)(F)F)c1. The smallest absolute Gasteiger partial charge is 0.375 e. The number of benzene rings is 1. The summed E-state index contributed by atoms with van der Waals surface area (Å²) in [5.74, 6) is 0. The Morgan fingerprint density at radius 1 is 1.27 bits per heavy atom. The Balaban J connectivity index is 2.66. The number of halogens is 3. The van der Waals surface area contributed by atoms with Gasteiger partial charge in [0, 0.05) is 6.54 Å². The largest absolute Gasteiger partial charge is 0.416 e. The Morgan fingerprint density at radius 2 is 2.00 bits per heavy atom. The first-order valence-electron chi connectivity index (χ1n) is 4.48. The van der Waals surface area contributed by atoms with E-state index < -0.39 is 11.7 Å². The number of nitrogens with two attached hydrogens (primary N) is 1. The molecule has 15 heavy (non-hydrogen) atoms. The normalized spacial score (nSPS) is 11.7. The van der Waals surface area contributed by atoms with Crippen LogP contribution in [-0.4, -0.2) is 13.2 Å². The Bertz CT molecular complexity index is 312. The molecule has 0 atom stereocenters. The molecule has 0 saturated heterocycles. The molecule has 0 aliphatic carbocycles. The fourth-order valence-electron chi connectivity index (χ4n) is 1.11. The molecule has 0 fully saturated rings. The van der Waals surface area contributed by atoms with E-state index >= 15 is 0 Å². The molecule has 0 bridgehead atoms. The van der Waals surface area contributed by atoms with Gasteiger partial charge < -0.3 is 10.5 Å². The molecule has 0 heterocycles. The summed E-state index contributed by atoms with van der Waals surface area (Å²) in [6.07, 6.45) is -4.30. The van der Waals surface area contributed by atoms with E-state index in [-0.39, 0.29) is 6.61 Å². The van der Waals surface area contributed by atoms with Crippen molar-refractivity contribution in [2.45, 2.75) is 12.8 Å². The zero-order chi connectivity index (χ0) is 11.3. The molecular weight excluding hydrogens is 207 g/mol. The van der Waals surface area contributed by atoms with E-state index in [1.54, 1.807) is 6.07 Å². The average molecular weight is 219 g/mol. The maximum Gasteiger partial charge on any atom is 0.416 e. The van der Waals surface area contributed by atoms with Crippen LogP contribution in [0.4, 0.5) is 13.2 Å². The quantitative estimate of drug-likeness (QED) is 0.788. The van der Waals surface area contributed by atoms with E-state index in [1.807, 2.05) is 0 Å². The molecule has 0 unspecified atom stereocenters. The predicted molar refractivity (Wildman–Crippen MR) is 50.2 cm³/mol. The summed E-state index contributed by atoms with van der Waals surface area (Å²) in [7, 11) is 0. The maximum atomic E-state index is 12.3. The standard InChI is InChI=1S/C10H12F3NO/c11-10(12,13)9-3-1-2-8(6-9)7-15-5-4-14/h1-3,6H,4-5,7,14H2. The second-order valence-corrected chi connectivity index (χ2v) is 3.04. The topological polar surface area (TPSA) is 35.2 Å². The molecule has 0 spiro atoms. The van der Waals surface area contributed by atoms with Crippen molar-refractivity contribution in [1.82, 2.24) is 0 Å². The van der Waals surface area contributed by atoms with Crippen molar-refractivity contribution in [3.8, 4) is 0 Å². The highest BCUT2D eigenvalue weighted by molar-refractivity contribution is 5.25. The molecule has 0 aliphatic rings. The first kappa shape index (κ1) is 12.0. The van der Waals surface area contributed by atoms with Crippen molar-refractivity contribution in [1.29, 1.82) is 0 Å². The molecule has 0 aromatic heterocycles. The third-order valence-corrected chi connectivity index (χ3v) is 1.79. The highest BCUT2D eigenvalue weighted by Crippen LogP contribution is 2.29. The van der Waals surface area contributed by atoms with Gasteiger partial charge in [-0.05, 0) is 17.7 Å². The van der Waals surface area contributed by atoms with Crippen molar-refractivity contribution in [2.75, 3.05) is 13.2 Å². The fraction of sp³-hybridized carbons (Fsp3) is 0.400. The lowest BCUT2D eigenvalue weighted by Gasteiger charge is -2.08. The Labute approximate surface area is 85.8 Å². The number of hydrogen-bond acceptors (Lipinski definition) is 2. The van der Waals surface area contributed by atoms with Gasteiger partial charge in [0.05, 0.1) is 18.8 Å². The van der Waals surface area contributed by atoms with Crippen LogP contribution in [-0.2, 0) is 17.5 Å². The summed E-state index contributed by atoms with van der Waals surface area (Å²) in [6, 6.07) is 5.07. The molecule has 0 radical (unpaired) electrons. The minimum Gasteiger partial charge on any atom is -0.375 e. The fourth-order valence-corrected chi connectivity index (χ4v) is 1.11. The van der Waals surface area contributed by atoms with Gasteiger partial charge in [-0.1, -0.05) is 12.1 Å². The first-order valence-corrected chi connectivity index (χ1v) is 4.48. The predicted octanol–water partition coefficient (Wildman–Crippen LogP) is 2.18. The van der Waals surface area contributed by atoms with Gasteiger partial charge in [0.25, 0.3) is 0 Å². The van der Waals surface area contributed by atoms with Crippen molar-refractivity contribution < 1.29 is 17.9 Å². The van der Waals surface area contributed by atoms with Gasteiger partial charge >= 0.3 is 6.18 Å². The summed E-state index contributed by atoms with van der Waals surface area (Å²) >= 11 is 0. The Kier molecular flexibility index (Phi) is 4.11. The van der Waals surface area contributed by atoms with Crippen LogP contribution in [0, 0.1) is 0 Å². The molecule has 0 aliphatic heterocycles. The van der Waals surface area contributed by atoms with E-state index in [9.17, 15) is 13.2 Å². The van der Waals surface area contributed by atoms with Gasteiger partial charge in [-0.3, -0.25) is 0 Å². The molecule has 1 aromatic rings. The van der Waals surface area contributed by atoms with Crippen LogP contribution in [0.2, 0.25) is 0 Å². The molecular formula is C10H12F3NO. The summed E-state index contributed by atoms with van der Waals surface area (Å²) in [5, 5.41) is 0. The second-order valence-electron chi connectivity index (χ2n) is 3.04. The summed E-state index contributed by atoms with van der Waals surface area (Å²) < 4.78 is 41.9. The van der Waals surface area contributed by atoms with Crippen LogP contribution < -0.4 is 5.73 Å². The summed E-state index contributed by atoms with van der Waals surface area (Å²) in [6.45, 7) is 0.857. The molecule has 5 heteroatoms. The lowest BCUT2D eigenvalue weighted by Crippen LogP contribution is -2.09. The van der Waals surface area contributed by atoms with Crippen molar-refractivity contribution in [3.63, 3.8) is 0 Å². The number of rotatable bonds is 4. The van der Waals surface area contributed by atoms with E-state index in [2.05, 4.69) is 0 Å². The maximum absolute atomic E-state index is 12.3.